The van der Waals surface area contributed by atoms with E-state index in [0.29, 0.717) is 19.5 Å². The molecule has 1 heterocycles. The average Bonchev–Trinajstić information content (AvgIpc) is 2.66. The van der Waals surface area contributed by atoms with Gasteiger partial charge in [-0.15, -0.1) is 0 Å². The van der Waals surface area contributed by atoms with Crippen molar-refractivity contribution >= 4 is 30.8 Å². The van der Waals surface area contributed by atoms with Crippen molar-refractivity contribution < 1.29 is 16.8 Å². The molecule has 0 unspecified atom stereocenters. The van der Waals surface area contributed by atoms with E-state index < -0.39 is 20.0 Å². The summed E-state index contributed by atoms with van der Waals surface area (Å²) in [5.41, 5.74) is 0. The van der Waals surface area contributed by atoms with Gasteiger partial charge in [-0.3, -0.25) is 0 Å². The Hall–Kier alpha value is -1.74. The van der Waals surface area contributed by atoms with Gasteiger partial charge in [0.05, 0.1) is 4.90 Å². The van der Waals surface area contributed by atoms with Crippen molar-refractivity contribution in [3.8, 4) is 0 Å². The van der Waals surface area contributed by atoms with E-state index in [0.717, 1.165) is 22.6 Å². The van der Waals surface area contributed by atoms with E-state index in [2.05, 4.69) is 11.3 Å². The molecule has 26 heavy (non-hydrogen) atoms. The smallest absolute Gasteiger partial charge is 0.211 e. The molecule has 2 aromatic rings. The zero-order valence-corrected chi connectivity index (χ0v) is 16.0. The number of hydrogen-bond donors (Lipinski definition) is 1. The Bertz CT molecular complexity index is 1020. The molecule has 0 aliphatic carbocycles. The topological polar surface area (TPSA) is 83.6 Å². The molecule has 1 aliphatic rings. The van der Waals surface area contributed by atoms with Gasteiger partial charge in [-0.05, 0) is 41.7 Å². The predicted molar refractivity (Wildman–Crippen MR) is 103 cm³/mol. The quantitative estimate of drug-likeness (QED) is 0.815. The first kappa shape index (κ1) is 19.0. The number of piperidine rings is 1. The van der Waals surface area contributed by atoms with Crippen molar-refractivity contribution in [1.82, 2.24) is 9.03 Å². The summed E-state index contributed by atoms with van der Waals surface area (Å²) >= 11 is 0. The minimum atomic E-state index is -3.61. The number of nitrogens with one attached hydrogen (secondary N) is 1. The monoisotopic (exact) mass is 394 g/mol. The molecule has 1 atom stereocenters. The van der Waals surface area contributed by atoms with Crippen LogP contribution >= 0.6 is 0 Å². The summed E-state index contributed by atoms with van der Waals surface area (Å²) in [5.74, 6) is -0.0614. The number of hydrogen-bond acceptors (Lipinski definition) is 4. The van der Waals surface area contributed by atoms with Crippen LogP contribution in [0.15, 0.2) is 59.3 Å². The summed E-state index contributed by atoms with van der Waals surface area (Å²) in [6.45, 7) is 4.21. The second-order valence-electron chi connectivity index (χ2n) is 6.44. The van der Waals surface area contributed by atoms with Crippen LogP contribution in [0.25, 0.3) is 10.8 Å². The van der Waals surface area contributed by atoms with Gasteiger partial charge in [0.1, 0.15) is 0 Å². The molecule has 1 N–H and O–H groups in total. The SMILES string of the molecule is C=CS(=O)(=O)NC[C@H]1CCCN(S(=O)(=O)c2ccc3ccccc3c2)C1. The fraction of sp³-hybridized carbons (Fsp3) is 0.333. The largest absolute Gasteiger partial charge is 0.243 e. The Morgan fingerprint density at radius 1 is 1.12 bits per heavy atom. The van der Waals surface area contributed by atoms with Crippen molar-refractivity contribution in [3.63, 3.8) is 0 Å². The molecule has 0 bridgehead atoms. The van der Waals surface area contributed by atoms with Gasteiger partial charge < -0.3 is 0 Å². The Kier molecular flexibility index (Phi) is 5.47. The van der Waals surface area contributed by atoms with E-state index in [4.69, 9.17) is 0 Å². The van der Waals surface area contributed by atoms with E-state index >= 15 is 0 Å². The maximum atomic E-state index is 13.0. The third kappa shape index (κ3) is 4.15. The third-order valence-corrected chi connectivity index (χ3v) is 7.50. The highest BCUT2D eigenvalue weighted by Crippen LogP contribution is 2.26. The van der Waals surface area contributed by atoms with Gasteiger partial charge in [0.15, 0.2) is 0 Å². The van der Waals surface area contributed by atoms with Crippen LogP contribution in [-0.2, 0) is 20.0 Å². The molecule has 0 amide bonds. The van der Waals surface area contributed by atoms with E-state index in [9.17, 15) is 16.8 Å². The average molecular weight is 395 g/mol. The first-order valence-corrected chi connectivity index (χ1v) is 11.4. The molecule has 1 aliphatic heterocycles. The van der Waals surface area contributed by atoms with Crippen LogP contribution in [0.5, 0.6) is 0 Å². The van der Waals surface area contributed by atoms with Crippen LogP contribution in [0, 0.1) is 5.92 Å². The standard InChI is InChI=1S/C18H22N2O4S2/c1-2-25(21,22)19-13-15-6-5-11-20(14-15)26(23,24)18-10-9-16-7-3-4-8-17(16)12-18/h2-4,7-10,12,15,19H,1,5-6,11,13-14H2/t15-/m1/s1. The van der Waals surface area contributed by atoms with Crippen molar-refractivity contribution in [2.75, 3.05) is 19.6 Å². The lowest BCUT2D eigenvalue weighted by Gasteiger charge is -2.32. The maximum Gasteiger partial charge on any atom is 0.243 e. The molecular weight excluding hydrogens is 372 g/mol. The number of rotatable bonds is 6. The lowest BCUT2D eigenvalue weighted by Crippen LogP contribution is -2.43. The number of fused-ring (bicyclic) bond motifs is 1. The van der Waals surface area contributed by atoms with Crippen molar-refractivity contribution in [1.29, 1.82) is 0 Å². The highest BCUT2D eigenvalue weighted by molar-refractivity contribution is 7.92. The number of benzene rings is 2. The zero-order chi connectivity index (χ0) is 18.8. The summed E-state index contributed by atoms with van der Waals surface area (Å²) in [7, 11) is -7.11. The summed E-state index contributed by atoms with van der Waals surface area (Å²) in [4.78, 5) is 0.267. The summed E-state index contributed by atoms with van der Waals surface area (Å²) < 4.78 is 52.9. The minimum absolute atomic E-state index is 0.0614. The summed E-state index contributed by atoms with van der Waals surface area (Å²) in [5, 5.41) is 2.72. The summed E-state index contributed by atoms with van der Waals surface area (Å²) in [6, 6.07) is 12.7. The van der Waals surface area contributed by atoms with Gasteiger partial charge in [0.2, 0.25) is 20.0 Å². The van der Waals surface area contributed by atoms with Gasteiger partial charge in [0.25, 0.3) is 0 Å². The normalized spacial score (nSPS) is 19.5. The maximum absolute atomic E-state index is 13.0. The Labute approximate surface area is 154 Å². The third-order valence-electron chi connectivity index (χ3n) is 4.63. The Balaban J connectivity index is 1.78. The fourth-order valence-electron chi connectivity index (χ4n) is 3.18. The van der Waals surface area contributed by atoms with Gasteiger partial charge in [-0.2, -0.15) is 4.31 Å². The van der Waals surface area contributed by atoms with Crippen LogP contribution in [0.1, 0.15) is 12.8 Å². The minimum Gasteiger partial charge on any atom is -0.211 e. The molecule has 0 saturated carbocycles. The second kappa shape index (κ2) is 7.48. The molecule has 2 aromatic carbocycles. The van der Waals surface area contributed by atoms with E-state index in [-0.39, 0.29) is 17.4 Å². The van der Waals surface area contributed by atoms with Gasteiger partial charge in [0, 0.05) is 25.0 Å². The zero-order valence-electron chi connectivity index (χ0n) is 14.3. The van der Waals surface area contributed by atoms with E-state index in [1.54, 1.807) is 12.1 Å². The van der Waals surface area contributed by atoms with Crippen LogP contribution in [0.3, 0.4) is 0 Å². The molecule has 0 aromatic heterocycles. The molecular formula is C18H22N2O4S2. The molecule has 6 nitrogen and oxygen atoms in total. The van der Waals surface area contributed by atoms with Crippen molar-refractivity contribution in [3.05, 3.63) is 54.5 Å². The highest BCUT2D eigenvalue weighted by Gasteiger charge is 2.30. The van der Waals surface area contributed by atoms with E-state index in [1.807, 2.05) is 30.3 Å². The van der Waals surface area contributed by atoms with Crippen LogP contribution in [0.2, 0.25) is 0 Å². The number of sulfonamides is 2. The van der Waals surface area contributed by atoms with Crippen LogP contribution in [0.4, 0.5) is 0 Å². The predicted octanol–water partition coefficient (Wildman–Crippen LogP) is 2.30. The van der Waals surface area contributed by atoms with Gasteiger partial charge in [-0.1, -0.05) is 36.9 Å². The molecule has 0 spiro atoms. The number of nitrogens with zero attached hydrogens (tertiary/aromatic N) is 1. The summed E-state index contributed by atoms with van der Waals surface area (Å²) in [6.07, 6.45) is 1.48. The lowest BCUT2D eigenvalue weighted by atomic mass is 10.0. The van der Waals surface area contributed by atoms with Crippen LogP contribution in [-0.4, -0.2) is 40.8 Å². The Morgan fingerprint density at radius 3 is 2.58 bits per heavy atom. The van der Waals surface area contributed by atoms with Gasteiger partial charge >= 0.3 is 0 Å². The Morgan fingerprint density at radius 2 is 1.85 bits per heavy atom. The second-order valence-corrected chi connectivity index (χ2v) is 10.1. The molecule has 8 heteroatoms. The van der Waals surface area contributed by atoms with Gasteiger partial charge in [-0.25, -0.2) is 21.6 Å². The van der Waals surface area contributed by atoms with Crippen molar-refractivity contribution in [2.45, 2.75) is 17.7 Å². The molecule has 3 rings (SSSR count). The highest BCUT2D eigenvalue weighted by atomic mass is 32.2. The molecule has 1 fully saturated rings. The lowest BCUT2D eigenvalue weighted by molar-refractivity contribution is 0.267. The van der Waals surface area contributed by atoms with Crippen LogP contribution < -0.4 is 4.72 Å². The molecule has 0 radical (unpaired) electrons. The molecule has 1 saturated heterocycles. The fourth-order valence-corrected chi connectivity index (χ4v) is 5.36. The first-order valence-electron chi connectivity index (χ1n) is 8.43. The van der Waals surface area contributed by atoms with E-state index in [1.165, 1.54) is 4.31 Å². The molecule has 140 valence electrons. The van der Waals surface area contributed by atoms with Crippen molar-refractivity contribution in [2.24, 2.45) is 5.92 Å². The first-order chi connectivity index (χ1) is 12.3.